The maximum absolute atomic E-state index is 13.1. The van der Waals surface area contributed by atoms with Crippen molar-refractivity contribution in [2.45, 2.75) is 33.1 Å². The number of alkyl halides is 3. The Morgan fingerprint density at radius 3 is 2.68 bits per heavy atom. The van der Waals surface area contributed by atoms with E-state index in [-0.39, 0.29) is 12.1 Å². The highest BCUT2D eigenvalue weighted by Crippen LogP contribution is 2.33. The van der Waals surface area contributed by atoms with E-state index in [0.29, 0.717) is 34.6 Å². The molecule has 0 aliphatic carbocycles. The van der Waals surface area contributed by atoms with Crippen LogP contribution in [0.25, 0.3) is 10.9 Å². The molecule has 0 fully saturated rings. The lowest BCUT2D eigenvalue weighted by atomic mass is 10.0. The number of fused-ring (bicyclic) bond motifs is 1. The summed E-state index contributed by atoms with van der Waals surface area (Å²) in [6, 6.07) is 6.05. The van der Waals surface area contributed by atoms with Crippen LogP contribution in [-0.2, 0) is 19.3 Å². The summed E-state index contributed by atoms with van der Waals surface area (Å²) in [4.78, 5) is 13.0. The first-order valence-corrected chi connectivity index (χ1v) is 8.62. The number of nitrogens with zero attached hydrogens (tertiary/aromatic N) is 4. The Labute approximate surface area is 161 Å². The van der Waals surface area contributed by atoms with Crippen molar-refractivity contribution in [1.82, 2.24) is 14.5 Å². The van der Waals surface area contributed by atoms with Crippen LogP contribution < -0.4 is 15.8 Å². The fraction of sp³-hybridized carbons (Fsp3) is 0.316. The van der Waals surface area contributed by atoms with E-state index >= 15 is 0 Å². The van der Waals surface area contributed by atoms with Gasteiger partial charge in [-0.25, -0.2) is 0 Å². The van der Waals surface area contributed by atoms with Crippen LogP contribution in [0.15, 0.2) is 35.5 Å². The topological polar surface area (TPSA) is 52.3 Å². The van der Waals surface area contributed by atoms with Gasteiger partial charge in [0.05, 0.1) is 30.9 Å². The molecule has 0 N–H and O–H groups in total. The van der Waals surface area contributed by atoms with E-state index in [2.05, 4.69) is 15.0 Å². The van der Waals surface area contributed by atoms with Crippen molar-refractivity contribution in [3.8, 4) is 6.01 Å². The van der Waals surface area contributed by atoms with Crippen LogP contribution in [0.4, 0.5) is 13.2 Å². The highest BCUT2D eigenvalue weighted by Gasteiger charge is 2.32. The molecule has 28 heavy (non-hydrogen) atoms. The number of hydrogen-bond donors (Lipinski definition) is 0. The summed E-state index contributed by atoms with van der Waals surface area (Å²) in [5.41, 5.74) is 1.31. The van der Waals surface area contributed by atoms with E-state index in [4.69, 9.17) is 12.6 Å². The van der Waals surface area contributed by atoms with Gasteiger partial charge in [-0.3, -0.25) is 14.5 Å². The fourth-order valence-corrected chi connectivity index (χ4v) is 3.08. The van der Waals surface area contributed by atoms with E-state index in [0.717, 1.165) is 11.6 Å². The molecule has 0 bridgehead atoms. The third kappa shape index (κ3) is 3.74. The lowest BCUT2D eigenvalue weighted by molar-refractivity contribution is -0.138. The van der Waals surface area contributed by atoms with Crippen LogP contribution in [-0.4, -0.2) is 29.5 Å². The van der Waals surface area contributed by atoms with E-state index in [1.807, 2.05) is 11.5 Å². The molecular formula is C19H18BF3N4O. The number of methoxy groups -OCH3 is 1. The maximum atomic E-state index is 13.1. The van der Waals surface area contributed by atoms with Gasteiger partial charge < -0.3 is 4.74 Å². The molecule has 0 aliphatic rings. The summed E-state index contributed by atoms with van der Waals surface area (Å²) in [7, 11) is 7.30. The predicted octanol–water partition coefficient (Wildman–Crippen LogP) is 2.68. The van der Waals surface area contributed by atoms with Crippen molar-refractivity contribution in [2.24, 2.45) is 4.99 Å². The monoisotopic (exact) mass is 386 g/mol. The van der Waals surface area contributed by atoms with Crippen molar-refractivity contribution >= 4 is 24.3 Å². The SMILES string of the molecule is [B]c1cc2c(=NCc3cccc(C(F)(F)F)c3C)nc(OC)n(CC)c2cn1. The minimum Gasteiger partial charge on any atom is -0.468 e. The van der Waals surface area contributed by atoms with Crippen molar-refractivity contribution in [1.29, 1.82) is 0 Å². The Kier molecular flexibility index (Phi) is 5.44. The van der Waals surface area contributed by atoms with Gasteiger partial charge in [-0.1, -0.05) is 12.1 Å². The maximum Gasteiger partial charge on any atom is 0.416 e. The molecule has 3 aromatic rings. The van der Waals surface area contributed by atoms with E-state index < -0.39 is 11.7 Å². The number of aromatic nitrogens is 3. The molecule has 0 unspecified atom stereocenters. The van der Waals surface area contributed by atoms with Crippen molar-refractivity contribution in [3.05, 3.63) is 52.6 Å². The highest BCUT2D eigenvalue weighted by molar-refractivity contribution is 6.31. The van der Waals surface area contributed by atoms with E-state index in [1.54, 1.807) is 18.3 Å². The largest absolute Gasteiger partial charge is 0.468 e. The van der Waals surface area contributed by atoms with E-state index in [9.17, 15) is 13.2 Å². The van der Waals surface area contributed by atoms with Crippen LogP contribution in [0.1, 0.15) is 23.6 Å². The molecule has 2 heterocycles. The molecule has 1 aromatic carbocycles. The Hall–Kier alpha value is -2.84. The second-order valence-corrected chi connectivity index (χ2v) is 6.20. The number of ether oxygens (including phenoxy) is 1. The molecule has 144 valence electrons. The van der Waals surface area contributed by atoms with Gasteiger partial charge in [0.2, 0.25) is 0 Å². The number of aryl methyl sites for hydroxylation is 1. The summed E-state index contributed by atoms with van der Waals surface area (Å²) in [5.74, 6) is 0. The summed E-state index contributed by atoms with van der Waals surface area (Å²) in [6.45, 7) is 4.01. The number of rotatable bonds is 4. The lowest BCUT2D eigenvalue weighted by Gasteiger charge is -2.14. The number of benzene rings is 1. The Morgan fingerprint density at radius 2 is 2.04 bits per heavy atom. The third-order valence-electron chi connectivity index (χ3n) is 4.52. The zero-order valence-electron chi connectivity index (χ0n) is 15.7. The van der Waals surface area contributed by atoms with Crippen LogP contribution in [0, 0.1) is 6.92 Å². The predicted molar refractivity (Wildman–Crippen MR) is 101 cm³/mol. The number of pyridine rings is 1. The zero-order chi connectivity index (χ0) is 20.5. The van der Waals surface area contributed by atoms with Gasteiger partial charge in [0, 0.05) is 11.9 Å². The molecule has 5 nitrogen and oxygen atoms in total. The van der Waals surface area contributed by atoms with Crippen LogP contribution in [0.5, 0.6) is 6.01 Å². The summed E-state index contributed by atoms with van der Waals surface area (Å²) < 4.78 is 46.6. The molecule has 3 rings (SSSR count). The Balaban J connectivity index is 2.17. The minimum atomic E-state index is -4.41. The third-order valence-corrected chi connectivity index (χ3v) is 4.52. The molecule has 0 amide bonds. The van der Waals surface area contributed by atoms with Crippen molar-refractivity contribution in [3.63, 3.8) is 0 Å². The molecule has 0 saturated heterocycles. The van der Waals surface area contributed by atoms with Crippen molar-refractivity contribution < 1.29 is 17.9 Å². The van der Waals surface area contributed by atoms with E-state index in [1.165, 1.54) is 20.1 Å². The van der Waals surface area contributed by atoms with Gasteiger partial charge >= 0.3 is 6.18 Å². The van der Waals surface area contributed by atoms with Gasteiger partial charge in [-0.05, 0) is 42.7 Å². The fourth-order valence-electron chi connectivity index (χ4n) is 3.08. The Bertz CT molecular complexity index is 1090. The zero-order valence-corrected chi connectivity index (χ0v) is 15.7. The van der Waals surface area contributed by atoms with Gasteiger partial charge in [0.1, 0.15) is 7.85 Å². The first-order valence-electron chi connectivity index (χ1n) is 8.62. The molecule has 0 aliphatic heterocycles. The number of hydrogen-bond acceptors (Lipinski definition) is 4. The van der Waals surface area contributed by atoms with Gasteiger partial charge in [0.15, 0.2) is 5.49 Å². The lowest BCUT2D eigenvalue weighted by Crippen LogP contribution is -2.20. The van der Waals surface area contributed by atoms with Gasteiger partial charge in [-0.2, -0.15) is 18.2 Å². The molecule has 2 aromatic heterocycles. The quantitative estimate of drug-likeness (QED) is 0.648. The summed E-state index contributed by atoms with van der Waals surface area (Å²) in [6.07, 6.45) is -2.80. The first-order chi connectivity index (χ1) is 13.3. The normalized spacial score (nSPS) is 12.6. The average molecular weight is 386 g/mol. The molecule has 0 spiro atoms. The number of halogens is 3. The molecule has 2 radical (unpaired) electrons. The second kappa shape index (κ2) is 7.65. The minimum absolute atomic E-state index is 0.0410. The smallest absolute Gasteiger partial charge is 0.416 e. The van der Waals surface area contributed by atoms with Crippen LogP contribution in [0.3, 0.4) is 0 Å². The highest BCUT2D eigenvalue weighted by atomic mass is 19.4. The molecule has 0 saturated carbocycles. The summed E-state index contributed by atoms with van der Waals surface area (Å²) >= 11 is 0. The standard InChI is InChI=1S/C19H18BF3N4O/c1-4-27-15-10-24-16(20)8-13(15)17(26-18(27)28-3)25-9-12-6-5-7-14(11(12)2)19(21,22)23/h5-8,10H,4,9H2,1-3H3. The first kappa shape index (κ1) is 19.9. The molecule has 9 heteroatoms. The van der Waals surface area contributed by atoms with Crippen LogP contribution in [0.2, 0.25) is 0 Å². The second-order valence-electron chi connectivity index (χ2n) is 6.20. The summed E-state index contributed by atoms with van der Waals surface area (Å²) in [5, 5.41) is 0.653. The van der Waals surface area contributed by atoms with Gasteiger partial charge in [-0.15, -0.1) is 0 Å². The molecular weight excluding hydrogens is 368 g/mol. The molecule has 0 atom stereocenters. The average Bonchev–Trinajstić information content (AvgIpc) is 2.65. The van der Waals surface area contributed by atoms with Gasteiger partial charge in [0.25, 0.3) is 6.01 Å². The van der Waals surface area contributed by atoms with Crippen molar-refractivity contribution in [2.75, 3.05) is 7.11 Å². The Morgan fingerprint density at radius 1 is 1.29 bits per heavy atom. The van der Waals surface area contributed by atoms with Crippen LogP contribution >= 0.6 is 0 Å².